The molecule has 0 bridgehead atoms. The summed E-state index contributed by atoms with van der Waals surface area (Å²) < 4.78 is 5.33. The molecule has 0 amide bonds. The fourth-order valence-electron chi connectivity index (χ4n) is 2.74. The minimum absolute atomic E-state index is 0. The molecule has 1 aromatic rings. The fraction of sp³-hybridized carbons (Fsp3) is 0.688. The Labute approximate surface area is 150 Å². The first-order chi connectivity index (χ1) is 10.1. The van der Waals surface area contributed by atoms with E-state index in [4.69, 9.17) is 4.42 Å². The monoisotopic (exact) mass is 420 g/mol. The number of nitrogens with zero attached hydrogens (tertiary/aromatic N) is 2. The minimum atomic E-state index is 0. The third kappa shape index (κ3) is 5.46. The molecule has 126 valence electrons. The molecule has 22 heavy (non-hydrogen) atoms. The highest BCUT2D eigenvalue weighted by molar-refractivity contribution is 14.0. The molecule has 6 heteroatoms. The lowest BCUT2D eigenvalue weighted by Crippen LogP contribution is -2.47. The van der Waals surface area contributed by atoms with Gasteiger partial charge in [-0.2, -0.15) is 0 Å². The van der Waals surface area contributed by atoms with Crippen LogP contribution in [0.3, 0.4) is 0 Å². The van der Waals surface area contributed by atoms with E-state index in [0.717, 1.165) is 37.8 Å². The Morgan fingerprint density at radius 3 is 2.77 bits per heavy atom. The first kappa shape index (κ1) is 19.3. The van der Waals surface area contributed by atoms with E-state index in [1.807, 2.05) is 19.2 Å². The van der Waals surface area contributed by atoms with Crippen LogP contribution in [0.4, 0.5) is 0 Å². The smallest absolute Gasteiger partial charge is 0.191 e. The van der Waals surface area contributed by atoms with Crippen molar-refractivity contribution >= 4 is 29.9 Å². The highest BCUT2D eigenvalue weighted by Gasteiger charge is 2.31. The van der Waals surface area contributed by atoms with Crippen molar-refractivity contribution in [3.8, 4) is 0 Å². The topological polar surface area (TPSA) is 52.8 Å². The first-order valence-electron chi connectivity index (χ1n) is 7.83. The lowest BCUT2D eigenvalue weighted by atomic mass is 10.1. The Hall–Kier alpha value is -0.760. The Balaban J connectivity index is 0.00000242. The van der Waals surface area contributed by atoms with Crippen LogP contribution in [0.15, 0.2) is 27.8 Å². The molecule has 1 fully saturated rings. The van der Waals surface area contributed by atoms with Crippen molar-refractivity contribution in [2.24, 2.45) is 10.9 Å². The standard InChI is InChI=1S/C16H28N4O.HI/c1-12(2)20-10-13(3)15(11-20)19-16(17-4)18-8-7-14-6-5-9-21-14;/h5-6,9,12-13,15H,7-8,10-11H2,1-4H3,(H2,17,18,19);1H. The second-order valence-electron chi connectivity index (χ2n) is 6.10. The maximum atomic E-state index is 5.33. The lowest BCUT2D eigenvalue weighted by molar-refractivity contribution is 0.265. The SMILES string of the molecule is CN=C(NCCc1ccco1)NC1CN(C(C)C)CC1C.I. The maximum absolute atomic E-state index is 5.33. The van der Waals surface area contributed by atoms with E-state index in [-0.39, 0.29) is 24.0 Å². The van der Waals surface area contributed by atoms with Crippen LogP contribution in [0.5, 0.6) is 0 Å². The molecule has 0 aromatic carbocycles. The normalized spacial score (nSPS) is 22.7. The summed E-state index contributed by atoms with van der Waals surface area (Å²) in [6.45, 7) is 9.87. The average molecular weight is 420 g/mol. The van der Waals surface area contributed by atoms with Crippen LogP contribution in [0.2, 0.25) is 0 Å². The summed E-state index contributed by atoms with van der Waals surface area (Å²) in [5.41, 5.74) is 0. The highest BCUT2D eigenvalue weighted by Crippen LogP contribution is 2.18. The van der Waals surface area contributed by atoms with Crippen molar-refractivity contribution in [2.45, 2.75) is 39.3 Å². The van der Waals surface area contributed by atoms with Crippen LogP contribution in [0, 0.1) is 5.92 Å². The number of rotatable bonds is 5. The fourth-order valence-corrected chi connectivity index (χ4v) is 2.74. The largest absolute Gasteiger partial charge is 0.469 e. The average Bonchev–Trinajstić information content (AvgIpc) is 3.08. The maximum Gasteiger partial charge on any atom is 0.191 e. The van der Waals surface area contributed by atoms with Crippen LogP contribution in [-0.2, 0) is 6.42 Å². The predicted molar refractivity (Wildman–Crippen MR) is 102 cm³/mol. The molecule has 2 unspecified atom stereocenters. The summed E-state index contributed by atoms with van der Waals surface area (Å²) in [5, 5.41) is 6.91. The number of hydrogen-bond acceptors (Lipinski definition) is 3. The van der Waals surface area contributed by atoms with Crippen LogP contribution in [0.1, 0.15) is 26.5 Å². The molecule has 1 aromatic heterocycles. The molecule has 2 heterocycles. The van der Waals surface area contributed by atoms with E-state index < -0.39 is 0 Å². The summed E-state index contributed by atoms with van der Waals surface area (Å²) in [4.78, 5) is 6.83. The van der Waals surface area contributed by atoms with Gasteiger partial charge in [-0.15, -0.1) is 24.0 Å². The van der Waals surface area contributed by atoms with Crippen LogP contribution < -0.4 is 10.6 Å². The number of halogens is 1. The quantitative estimate of drug-likeness (QED) is 0.436. The van der Waals surface area contributed by atoms with E-state index in [1.165, 1.54) is 0 Å². The summed E-state index contributed by atoms with van der Waals surface area (Å²) in [6.07, 6.45) is 2.58. The Morgan fingerprint density at radius 2 is 2.23 bits per heavy atom. The second-order valence-corrected chi connectivity index (χ2v) is 6.10. The van der Waals surface area contributed by atoms with E-state index >= 15 is 0 Å². The first-order valence-corrected chi connectivity index (χ1v) is 7.83. The van der Waals surface area contributed by atoms with Crippen molar-refractivity contribution in [2.75, 3.05) is 26.7 Å². The Bertz CT molecular complexity index is 447. The van der Waals surface area contributed by atoms with Gasteiger partial charge in [0.25, 0.3) is 0 Å². The molecule has 2 atom stereocenters. The van der Waals surface area contributed by atoms with Gasteiger partial charge in [-0.25, -0.2) is 0 Å². The van der Waals surface area contributed by atoms with Crippen molar-refractivity contribution < 1.29 is 4.42 Å². The molecule has 0 aliphatic carbocycles. The number of furan rings is 1. The molecule has 0 radical (unpaired) electrons. The molecule has 0 saturated carbocycles. The molecule has 1 aliphatic rings. The van der Waals surface area contributed by atoms with Crippen LogP contribution in [0.25, 0.3) is 0 Å². The van der Waals surface area contributed by atoms with E-state index in [0.29, 0.717) is 18.0 Å². The number of hydrogen-bond donors (Lipinski definition) is 2. The van der Waals surface area contributed by atoms with Gasteiger partial charge in [-0.3, -0.25) is 9.89 Å². The van der Waals surface area contributed by atoms with E-state index in [2.05, 4.69) is 41.3 Å². The third-order valence-electron chi connectivity index (χ3n) is 4.16. The summed E-state index contributed by atoms with van der Waals surface area (Å²) in [7, 11) is 1.82. The zero-order chi connectivity index (χ0) is 15.2. The number of nitrogens with one attached hydrogen (secondary N) is 2. The molecule has 1 saturated heterocycles. The summed E-state index contributed by atoms with van der Waals surface area (Å²) in [6, 6.07) is 4.98. The molecular weight excluding hydrogens is 391 g/mol. The Morgan fingerprint density at radius 1 is 1.45 bits per heavy atom. The molecule has 5 nitrogen and oxygen atoms in total. The molecular formula is C16H29IN4O. The number of likely N-dealkylation sites (tertiary alicyclic amines) is 1. The zero-order valence-corrected chi connectivity index (χ0v) is 16.3. The number of guanidine groups is 1. The Kier molecular flexibility index (Phi) is 8.24. The van der Waals surface area contributed by atoms with Gasteiger partial charge >= 0.3 is 0 Å². The van der Waals surface area contributed by atoms with Crippen LogP contribution >= 0.6 is 24.0 Å². The van der Waals surface area contributed by atoms with E-state index in [1.54, 1.807) is 6.26 Å². The zero-order valence-electron chi connectivity index (χ0n) is 14.0. The van der Waals surface area contributed by atoms with Crippen molar-refractivity contribution in [1.82, 2.24) is 15.5 Å². The molecule has 0 spiro atoms. The summed E-state index contributed by atoms with van der Waals surface area (Å²) >= 11 is 0. The molecule has 1 aliphatic heterocycles. The van der Waals surface area contributed by atoms with Crippen LogP contribution in [-0.4, -0.2) is 49.6 Å². The van der Waals surface area contributed by atoms with Gasteiger partial charge in [0.1, 0.15) is 5.76 Å². The highest BCUT2D eigenvalue weighted by atomic mass is 127. The number of aliphatic imine (C=N–C) groups is 1. The van der Waals surface area contributed by atoms with Gasteiger partial charge in [0.05, 0.1) is 6.26 Å². The van der Waals surface area contributed by atoms with Gasteiger partial charge in [0.15, 0.2) is 5.96 Å². The molecule has 2 rings (SSSR count). The van der Waals surface area contributed by atoms with Gasteiger partial charge in [0, 0.05) is 45.2 Å². The van der Waals surface area contributed by atoms with Crippen molar-refractivity contribution in [3.63, 3.8) is 0 Å². The van der Waals surface area contributed by atoms with E-state index in [9.17, 15) is 0 Å². The molecule has 2 N–H and O–H groups in total. The lowest BCUT2D eigenvalue weighted by Gasteiger charge is -2.21. The van der Waals surface area contributed by atoms with Gasteiger partial charge in [0.2, 0.25) is 0 Å². The minimum Gasteiger partial charge on any atom is -0.469 e. The third-order valence-corrected chi connectivity index (χ3v) is 4.16. The van der Waals surface area contributed by atoms with Gasteiger partial charge in [-0.05, 0) is 31.9 Å². The van der Waals surface area contributed by atoms with Gasteiger partial charge < -0.3 is 15.1 Å². The second kappa shape index (κ2) is 9.39. The van der Waals surface area contributed by atoms with Gasteiger partial charge in [-0.1, -0.05) is 6.92 Å². The van der Waals surface area contributed by atoms with Crippen molar-refractivity contribution in [1.29, 1.82) is 0 Å². The predicted octanol–water partition coefficient (Wildman–Crippen LogP) is 2.33. The summed E-state index contributed by atoms with van der Waals surface area (Å²) in [5.74, 6) is 2.51. The van der Waals surface area contributed by atoms with Crippen molar-refractivity contribution in [3.05, 3.63) is 24.2 Å².